The van der Waals surface area contributed by atoms with Gasteiger partial charge in [0.1, 0.15) is 12.2 Å². The number of ether oxygens (including phenoxy) is 2. The number of aliphatic hydroxyl groups excluding tert-OH is 1. The number of fused-ring (bicyclic) bond motifs is 5. The Labute approximate surface area is 256 Å². The molecule has 42 heavy (non-hydrogen) atoms. The summed E-state index contributed by atoms with van der Waals surface area (Å²) in [5, 5.41) is 10.5. The number of esters is 2. The van der Waals surface area contributed by atoms with Crippen molar-refractivity contribution in [2.75, 3.05) is 0 Å². The molecule has 0 amide bonds. The third kappa shape index (κ3) is 6.15. The molecule has 0 aromatic rings. The average molecular weight is 585 g/mol. The summed E-state index contributed by atoms with van der Waals surface area (Å²) < 4.78 is 12.5. The molecule has 4 aliphatic carbocycles. The lowest BCUT2D eigenvalue weighted by molar-refractivity contribution is -0.178. The van der Waals surface area contributed by atoms with Crippen molar-refractivity contribution in [3.8, 4) is 0 Å². The zero-order valence-electron chi connectivity index (χ0n) is 28.5. The zero-order valence-corrected chi connectivity index (χ0v) is 28.5. The largest absolute Gasteiger partial charge is 0.461 e. The predicted octanol–water partition coefficient (Wildman–Crippen LogP) is 8.44. The Morgan fingerprint density at radius 3 is 2.12 bits per heavy atom. The Hall–Kier alpha value is -1.62. The van der Waals surface area contributed by atoms with Gasteiger partial charge < -0.3 is 14.6 Å². The van der Waals surface area contributed by atoms with Crippen molar-refractivity contribution < 1.29 is 24.2 Å². The van der Waals surface area contributed by atoms with E-state index >= 15 is 0 Å². The Balaban J connectivity index is 1.62. The third-order valence-corrected chi connectivity index (χ3v) is 11.8. The second kappa shape index (κ2) is 11.7. The van der Waals surface area contributed by atoms with Crippen LogP contribution in [-0.2, 0) is 19.1 Å². The molecule has 3 saturated carbocycles. The molecule has 0 saturated heterocycles. The van der Waals surface area contributed by atoms with Crippen molar-refractivity contribution in [2.45, 2.75) is 146 Å². The quantitative estimate of drug-likeness (QED) is 0.304. The fourth-order valence-corrected chi connectivity index (χ4v) is 8.84. The first kappa shape index (κ1) is 33.3. The molecular weight excluding hydrogens is 524 g/mol. The van der Waals surface area contributed by atoms with E-state index in [9.17, 15) is 14.7 Å². The lowest BCUT2D eigenvalue weighted by Crippen LogP contribution is -2.55. The highest BCUT2D eigenvalue weighted by Crippen LogP contribution is 2.66. The SMILES string of the molecule is CC(C)C(O)CC[C@@H](C)[C@H]1CC[C@H]2C3=CC=C4C[C@@H](OC(=O)C(C)(C)C)C[C@H](OC(=O)C(C)(C)C)[C@]4(C)[C@H]3CC[C@]12C. The van der Waals surface area contributed by atoms with Crippen molar-refractivity contribution in [1.82, 2.24) is 0 Å². The van der Waals surface area contributed by atoms with Crippen molar-refractivity contribution in [3.05, 3.63) is 23.3 Å². The van der Waals surface area contributed by atoms with Gasteiger partial charge in [0.2, 0.25) is 0 Å². The fourth-order valence-electron chi connectivity index (χ4n) is 8.84. The molecular formula is C37H60O5. The van der Waals surface area contributed by atoms with Crippen LogP contribution in [-0.4, -0.2) is 35.4 Å². The number of hydrogen-bond donors (Lipinski definition) is 1. The molecule has 5 heteroatoms. The Kier molecular flexibility index (Phi) is 9.28. The molecule has 5 nitrogen and oxygen atoms in total. The van der Waals surface area contributed by atoms with E-state index in [1.165, 1.54) is 24.8 Å². The molecule has 0 bridgehead atoms. The van der Waals surface area contributed by atoms with Crippen molar-refractivity contribution in [2.24, 2.45) is 51.2 Å². The number of aliphatic hydroxyl groups is 1. The topological polar surface area (TPSA) is 72.8 Å². The van der Waals surface area contributed by atoms with Crippen LogP contribution < -0.4 is 0 Å². The first-order chi connectivity index (χ1) is 19.3. The summed E-state index contributed by atoms with van der Waals surface area (Å²) in [5.41, 5.74) is 1.57. The van der Waals surface area contributed by atoms with Gasteiger partial charge in [-0.2, -0.15) is 0 Å². The molecule has 1 N–H and O–H groups in total. The smallest absolute Gasteiger partial charge is 0.311 e. The molecule has 0 aromatic carbocycles. The van der Waals surface area contributed by atoms with Crippen LogP contribution >= 0.6 is 0 Å². The highest BCUT2D eigenvalue weighted by atomic mass is 16.6. The maximum atomic E-state index is 13.3. The lowest BCUT2D eigenvalue weighted by Gasteiger charge is -2.57. The molecule has 0 heterocycles. The van der Waals surface area contributed by atoms with E-state index in [4.69, 9.17) is 9.47 Å². The molecule has 0 spiro atoms. The zero-order chi connectivity index (χ0) is 31.4. The summed E-state index contributed by atoms with van der Waals surface area (Å²) >= 11 is 0. The molecule has 0 aromatic heterocycles. The van der Waals surface area contributed by atoms with E-state index in [1.807, 2.05) is 41.5 Å². The van der Waals surface area contributed by atoms with Gasteiger partial charge in [-0.05, 0) is 115 Å². The Bertz CT molecular complexity index is 1090. The van der Waals surface area contributed by atoms with E-state index in [2.05, 4.69) is 46.8 Å². The monoisotopic (exact) mass is 584 g/mol. The van der Waals surface area contributed by atoms with Crippen LogP contribution in [0.4, 0.5) is 0 Å². The van der Waals surface area contributed by atoms with Gasteiger partial charge in [0.25, 0.3) is 0 Å². The van der Waals surface area contributed by atoms with E-state index in [1.54, 1.807) is 5.57 Å². The van der Waals surface area contributed by atoms with Gasteiger partial charge in [-0.1, -0.05) is 57.9 Å². The normalized spacial score (nSPS) is 36.2. The van der Waals surface area contributed by atoms with Crippen LogP contribution in [0.5, 0.6) is 0 Å². The molecule has 4 rings (SSSR count). The highest BCUT2D eigenvalue weighted by Gasteiger charge is 2.60. The van der Waals surface area contributed by atoms with Crippen LogP contribution in [0.2, 0.25) is 0 Å². The maximum Gasteiger partial charge on any atom is 0.311 e. The molecule has 1 unspecified atom stereocenters. The standard InChI is InChI=1S/C37H60O5/c1-22(2)30(38)17-12-23(3)27-15-16-28-26-14-13-24-20-25(41-32(39)34(4,5)6)21-31(42-33(40)35(7,8)9)37(24,11)29(26)18-19-36(27,28)10/h13-14,22-23,25,27-31,38H,12,15-21H2,1-11H3/t23-,25-,27-,28+,29+,30?,31+,36-,37+/m1/s1. The second-order valence-electron chi connectivity index (χ2n) is 17.2. The molecule has 3 fully saturated rings. The minimum atomic E-state index is -0.605. The summed E-state index contributed by atoms with van der Waals surface area (Å²) in [4.78, 5) is 26.2. The minimum Gasteiger partial charge on any atom is -0.461 e. The van der Waals surface area contributed by atoms with Gasteiger partial charge >= 0.3 is 11.9 Å². The van der Waals surface area contributed by atoms with E-state index in [0.717, 1.165) is 19.3 Å². The second-order valence-corrected chi connectivity index (χ2v) is 17.2. The highest BCUT2D eigenvalue weighted by molar-refractivity contribution is 5.76. The third-order valence-electron chi connectivity index (χ3n) is 11.8. The summed E-state index contributed by atoms with van der Waals surface area (Å²) in [6.07, 6.45) is 11.7. The van der Waals surface area contributed by atoms with E-state index < -0.39 is 10.8 Å². The van der Waals surface area contributed by atoms with Crippen molar-refractivity contribution in [3.63, 3.8) is 0 Å². The van der Waals surface area contributed by atoms with Crippen molar-refractivity contribution >= 4 is 11.9 Å². The van der Waals surface area contributed by atoms with E-state index in [-0.39, 0.29) is 41.1 Å². The lowest BCUT2D eigenvalue weighted by atomic mass is 9.49. The van der Waals surface area contributed by atoms with Crippen LogP contribution in [0.15, 0.2) is 23.3 Å². The Morgan fingerprint density at radius 2 is 1.52 bits per heavy atom. The molecule has 9 atom stereocenters. The summed E-state index contributed by atoms with van der Waals surface area (Å²) in [5.74, 6) is 2.01. The van der Waals surface area contributed by atoms with E-state index in [0.29, 0.717) is 42.4 Å². The number of allylic oxidation sites excluding steroid dienone is 3. The first-order valence-electron chi connectivity index (χ1n) is 16.8. The van der Waals surface area contributed by atoms with Crippen LogP contribution in [0.3, 0.4) is 0 Å². The van der Waals surface area contributed by atoms with Crippen molar-refractivity contribution in [1.29, 1.82) is 0 Å². The van der Waals surface area contributed by atoms with Gasteiger partial charge in [0, 0.05) is 18.3 Å². The molecule has 238 valence electrons. The van der Waals surface area contributed by atoms with Gasteiger partial charge in [-0.25, -0.2) is 0 Å². The van der Waals surface area contributed by atoms with Crippen LogP contribution in [0.1, 0.15) is 128 Å². The first-order valence-corrected chi connectivity index (χ1v) is 16.8. The van der Waals surface area contributed by atoms with Gasteiger partial charge in [0.15, 0.2) is 0 Å². The molecule has 0 aliphatic heterocycles. The minimum absolute atomic E-state index is 0.189. The maximum absolute atomic E-state index is 13.3. The fraction of sp³-hybridized carbons (Fsp3) is 0.838. The summed E-state index contributed by atoms with van der Waals surface area (Å²) in [7, 11) is 0. The van der Waals surface area contributed by atoms with Crippen LogP contribution in [0, 0.1) is 51.2 Å². The summed E-state index contributed by atoms with van der Waals surface area (Å²) in [6.45, 7) is 22.9. The number of carbonyl (C=O) groups excluding carboxylic acids is 2. The molecule has 0 radical (unpaired) electrons. The Morgan fingerprint density at radius 1 is 0.905 bits per heavy atom. The van der Waals surface area contributed by atoms with Gasteiger partial charge in [-0.3, -0.25) is 9.59 Å². The number of carbonyl (C=O) groups is 2. The number of rotatable bonds is 7. The van der Waals surface area contributed by atoms with Gasteiger partial charge in [0.05, 0.1) is 16.9 Å². The predicted molar refractivity (Wildman–Crippen MR) is 168 cm³/mol. The molecule has 4 aliphatic rings. The number of hydrogen-bond acceptors (Lipinski definition) is 5. The summed E-state index contributed by atoms with van der Waals surface area (Å²) in [6, 6.07) is 0. The van der Waals surface area contributed by atoms with Gasteiger partial charge in [-0.15, -0.1) is 0 Å². The van der Waals surface area contributed by atoms with Crippen LogP contribution in [0.25, 0.3) is 0 Å². The average Bonchev–Trinajstić information content (AvgIpc) is 3.23.